The second-order valence-corrected chi connectivity index (χ2v) is 7.74. The van der Waals surface area contributed by atoms with Crippen molar-refractivity contribution in [2.75, 3.05) is 26.2 Å². The number of amidine groups is 1. The van der Waals surface area contributed by atoms with Crippen LogP contribution in [0, 0.1) is 0 Å². The molecule has 0 radical (unpaired) electrons. The summed E-state index contributed by atoms with van der Waals surface area (Å²) in [6, 6.07) is 0. The number of aliphatic imine (C=N–C) groups is 1. The van der Waals surface area contributed by atoms with Crippen LogP contribution < -0.4 is 5.73 Å². The lowest BCUT2D eigenvalue weighted by atomic mass is 10.1. The first kappa shape index (κ1) is 23.9. The maximum atomic E-state index is 12.2. The number of allylic oxidation sites excluding steroid dienone is 2. The minimum absolute atomic E-state index is 0.207. The van der Waals surface area contributed by atoms with E-state index in [0.29, 0.717) is 18.8 Å². The highest BCUT2D eigenvalue weighted by Gasteiger charge is 2.22. The third-order valence-electron chi connectivity index (χ3n) is 5.25. The fourth-order valence-electron chi connectivity index (χ4n) is 3.59. The molecule has 0 aromatic heterocycles. The van der Waals surface area contributed by atoms with Crippen molar-refractivity contribution < 1.29 is 4.79 Å². The summed E-state index contributed by atoms with van der Waals surface area (Å²) in [5, 5.41) is 0. The van der Waals surface area contributed by atoms with Gasteiger partial charge in [0.15, 0.2) is 11.6 Å². The molecule has 1 heterocycles. The smallest absolute Gasteiger partial charge is 0.197 e. The molecule has 1 aliphatic heterocycles. The van der Waals surface area contributed by atoms with Gasteiger partial charge in [0.2, 0.25) is 0 Å². The Morgan fingerprint density at radius 2 is 1.56 bits per heavy atom. The van der Waals surface area contributed by atoms with Crippen LogP contribution in [-0.4, -0.2) is 42.7 Å². The van der Waals surface area contributed by atoms with Gasteiger partial charge in [-0.2, -0.15) is 0 Å². The van der Waals surface area contributed by atoms with E-state index in [1.54, 1.807) is 0 Å². The number of ketones is 1. The van der Waals surface area contributed by atoms with Crippen LogP contribution in [0.25, 0.3) is 0 Å². The molecule has 0 atom stereocenters. The average molecular weight is 378 g/mol. The molecule has 1 aliphatic rings. The zero-order chi connectivity index (χ0) is 19.6. The number of rotatable bonds is 18. The predicted molar refractivity (Wildman–Crippen MR) is 117 cm³/mol. The second kappa shape index (κ2) is 17.0. The molecule has 27 heavy (non-hydrogen) atoms. The van der Waals surface area contributed by atoms with E-state index in [9.17, 15) is 4.79 Å². The van der Waals surface area contributed by atoms with E-state index >= 15 is 0 Å². The molecule has 0 fully saturated rings. The summed E-state index contributed by atoms with van der Waals surface area (Å²) in [5.41, 5.74) is 5.59. The molecule has 0 aromatic rings. The number of carbonyl (C=O) groups is 1. The Morgan fingerprint density at radius 1 is 0.963 bits per heavy atom. The van der Waals surface area contributed by atoms with E-state index < -0.39 is 0 Å². The quantitative estimate of drug-likeness (QED) is 0.262. The number of carbonyl (C=O) groups excluding carboxylic acids is 1. The number of Topliss-reactive ketones (excluding diaryl/α,β-unsaturated/α-hetero) is 1. The molecule has 0 aliphatic carbocycles. The summed E-state index contributed by atoms with van der Waals surface area (Å²) >= 11 is 0. The van der Waals surface area contributed by atoms with Gasteiger partial charge in [-0.1, -0.05) is 70.4 Å². The van der Waals surface area contributed by atoms with Crippen LogP contribution in [0.1, 0.15) is 96.8 Å². The van der Waals surface area contributed by atoms with Gasteiger partial charge in [-0.25, -0.2) is 0 Å². The fourth-order valence-corrected chi connectivity index (χ4v) is 3.59. The van der Waals surface area contributed by atoms with Crippen LogP contribution >= 0.6 is 0 Å². The van der Waals surface area contributed by atoms with Crippen molar-refractivity contribution in [3.8, 4) is 0 Å². The monoisotopic (exact) mass is 377 g/mol. The van der Waals surface area contributed by atoms with Gasteiger partial charge in [0, 0.05) is 26.1 Å². The molecule has 0 unspecified atom stereocenters. The van der Waals surface area contributed by atoms with Gasteiger partial charge in [-0.05, 0) is 32.1 Å². The molecule has 0 aromatic carbocycles. The number of nitrogens with two attached hydrogens (primary N) is 1. The van der Waals surface area contributed by atoms with Gasteiger partial charge in [0.05, 0.1) is 6.54 Å². The largest absolute Gasteiger partial charge is 0.351 e. The molecule has 4 heteroatoms. The van der Waals surface area contributed by atoms with E-state index in [1.165, 1.54) is 70.6 Å². The molecule has 0 saturated heterocycles. The van der Waals surface area contributed by atoms with Gasteiger partial charge in [0.25, 0.3) is 0 Å². The molecular weight excluding hydrogens is 334 g/mol. The number of hydrogen-bond donors (Lipinski definition) is 1. The highest BCUT2D eigenvalue weighted by Crippen LogP contribution is 2.11. The Bertz CT molecular complexity index is 431. The molecule has 0 spiro atoms. The first-order valence-corrected chi connectivity index (χ1v) is 11.5. The molecule has 1 rings (SSSR count). The van der Waals surface area contributed by atoms with Gasteiger partial charge in [-0.3, -0.25) is 9.79 Å². The van der Waals surface area contributed by atoms with Gasteiger partial charge < -0.3 is 10.6 Å². The minimum Gasteiger partial charge on any atom is -0.351 e. The standard InChI is InChI=1S/C23H43N3O/c1-2-3-4-5-6-7-8-9-10-11-12-13-14-15-16-17-22(27)23-25-19-21-26(23)20-18-24/h9-10H,2-8,11-21,24H2,1H3. The molecule has 0 saturated carbocycles. The van der Waals surface area contributed by atoms with Crippen LogP contribution in [0.15, 0.2) is 17.1 Å². The Balaban J connectivity index is 1.89. The van der Waals surface area contributed by atoms with Crippen molar-refractivity contribution in [3.63, 3.8) is 0 Å². The second-order valence-electron chi connectivity index (χ2n) is 7.74. The maximum absolute atomic E-state index is 12.2. The minimum atomic E-state index is 0.207. The number of nitrogens with zero attached hydrogens (tertiary/aromatic N) is 2. The molecule has 4 nitrogen and oxygen atoms in total. The maximum Gasteiger partial charge on any atom is 0.197 e. The first-order valence-electron chi connectivity index (χ1n) is 11.5. The third-order valence-corrected chi connectivity index (χ3v) is 5.25. The molecule has 0 amide bonds. The molecule has 156 valence electrons. The zero-order valence-corrected chi connectivity index (χ0v) is 17.8. The van der Waals surface area contributed by atoms with Crippen molar-refractivity contribution in [2.24, 2.45) is 10.7 Å². The van der Waals surface area contributed by atoms with Gasteiger partial charge in [-0.15, -0.1) is 0 Å². The van der Waals surface area contributed by atoms with Crippen LogP contribution in [0.3, 0.4) is 0 Å². The SMILES string of the molecule is CCCCCCCCC=CCCCCCCCC(=O)C1=NCCN1CCN. The summed E-state index contributed by atoms with van der Waals surface area (Å²) in [6.07, 6.45) is 22.0. The predicted octanol–water partition coefficient (Wildman–Crippen LogP) is 5.27. The average Bonchev–Trinajstić information content (AvgIpc) is 3.13. The lowest BCUT2D eigenvalue weighted by molar-refractivity contribution is -0.113. The fraction of sp³-hybridized carbons (Fsp3) is 0.826. The van der Waals surface area contributed by atoms with Crippen LogP contribution in [-0.2, 0) is 4.79 Å². The van der Waals surface area contributed by atoms with Crippen molar-refractivity contribution in [2.45, 2.75) is 96.8 Å². The number of hydrogen-bond acceptors (Lipinski definition) is 4. The van der Waals surface area contributed by atoms with Crippen LogP contribution in [0.2, 0.25) is 0 Å². The molecule has 2 N–H and O–H groups in total. The van der Waals surface area contributed by atoms with Crippen LogP contribution in [0.5, 0.6) is 0 Å². The highest BCUT2D eigenvalue weighted by atomic mass is 16.1. The lowest BCUT2D eigenvalue weighted by Crippen LogP contribution is -2.37. The Hall–Kier alpha value is -1.16. The van der Waals surface area contributed by atoms with Crippen molar-refractivity contribution in [1.29, 1.82) is 0 Å². The summed E-state index contributed by atoms with van der Waals surface area (Å²) in [4.78, 5) is 18.6. The van der Waals surface area contributed by atoms with E-state index in [4.69, 9.17) is 5.73 Å². The molecular formula is C23H43N3O. The topological polar surface area (TPSA) is 58.7 Å². The van der Waals surface area contributed by atoms with Crippen molar-refractivity contribution >= 4 is 11.6 Å². The van der Waals surface area contributed by atoms with E-state index in [-0.39, 0.29) is 5.78 Å². The van der Waals surface area contributed by atoms with Crippen LogP contribution in [0.4, 0.5) is 0 Å². The first-order chi connectivity index (χ1) is 13.3. The summed E-state index contributed by atoms with van der Waals surface area (Å²) in [5.74, 6) is 0.884. The summed E-state index contributed by atoms with van der Waals surface area (Å²) < 4.78 is 0. The van der Waals surface area contributed by atoms with Gasteiger partial charge >= 0.3 is 0 Å². The van der Waals surface area contributed by atoms with E-state index in [2.05, 4.69) is 24.1 Å². The third kappa shape index (κ3) is 12.0. The number of unbranched alkanes of at least 4 members (excludes halogenated alkanes) is 11. The summed E-state index contributed by atoms with van der Waals surface area (Å²) in [6.45, 7) is 5.19. The normalized spacial score (nSPS) is 14.3. The van der Waals surface area contributed by atoms with E-state index in [0.717, 1.165) is 32.5 Å². The highest BCUT2D eigenvalue weighted by molar-refractivity contribution is 6.39. The lowest BCUT2D eigenvalue weighted by Gasteiger charge is -2.18. The van der Waals surface area contributed by atoms with Gasteiger partial charge in [0.1, 0.15) is 0 Å². The zero-order valence-electron chi connectivity index (χ0n) is 17.8. The van der Waals surface area contributed by atoms with Crippen molar-refractivity contribution in [3.05, 3.63) is 12.2 Å². The van der Waals surface area contributed by atoms with E-state index in [1.807, 2.05) is 4.90 Å². The van der Waals surface area contributed by atoms with Crippen molar-refractivity contribution in [1.82, 2.24) is 4.90 Å². The molecule has 0 bridgehead atoms. The summed E-state index contributed by atoms with van der Waals surface area (Å²) in [7, 11) is 0. The Kier molecular flexibility index (Phi) is 15.0. The Labute approximate surface area is 167 Å². The Morgan fingerprint density at radius 3 is 2.19 bits per heavy atom.